The summed E-state index contributed by atoms with van der Waals surface area (Å²) in [7, 11) is 0. The molecule has 1 heterocycles. The van der Waals surface area contributed by atoms with Gasteiger partial charge in [0.2, 0.25) is 0 Å². The molecule has 1 aliphatic rings. The van der Waals surface area contributed by atoms with E-state index in [1.54, 1.807) is 0 Å². The van der Waals surface area contributed by atoms with Crippen molar-refractivity contribution >= 4 is 0 Å². The Morgan fingerprint density at radius 2 is 2.29 bits per heavy atom. The van der Waals surface area contributed by atoms with Gasteiger partial charge in [-0.05, 0) is 12.0 Å². The van der Waals surface area contributed by atoms with Crippen LogP contribution in [0, 0.1) is 5.92 Å². The number of para-hydroxylation sites is 1. The molecule has 0 fully saturated rings. The van der Waals surface area contributed by atoms with Crippen LogP contribution >= 0.6 is 0 Å². The van der Waals surface area contributed by atoms with Crippen molar-refractivity contribution in [3.63, 3.8) is 0 Å². The fourth-order valence-corrected chi connectivity index (χ4v) is 1.95. The van der Waals surface area contributed by atoms with E-state index in [2.05, 4.69) is 32.0 Å². The van der Waals surface area contributed by atoms with Gasteiger partial charge in [-0.3, -0.25) is 0 Å². The Bertz CT molecular complexity index is 335. The third-order valence-corrected chi connectivity index (χ3v) is 2.97. The molecular weight excluding hydrogens is 174 g/mol. The summed E-state index contributed by atoms with van der Waals surface area (Å²) in [5, 5.41) is 0. The van der Waals surface area contributed by atoms with Crippen LogP contribution in [0.25, 0.3) is 0 Å². The number of aryl methyl sites for hydroxylation is 1. The monoisotopic (exact) mass is 191 g/mol. The zero-order valence-corrected chi connectivity index (χ0v) is 8.79. The Kier molecular flexibility index (Phi) is 2.46. The molecule has 2 nitrogen and oxygen atoms in total. The maximum Gasteiger partial charge on any atom is 0.127 e. The van der Waals surface area contributed by atoms with E-state index in [0.29, 0.717) is 5.92 Å². The predicted molar refractivity (Wildman–Crippen MR) is 57.4 cm³/mol. The Labute approximate surface area is 85.1 Å². The lowest BCUT2D eigenvalue weighted by Crippen LogP contribution is -2.29. The number of nitrogens with two attached hydrogens (primary N) is 1. The highest BCUT2D eigenvalue weighted by atomic mass is 16.5. The Morgan fingerprint density at radius 3 is 3.00 bits per heavy atom. The smallest absolute Gasteiger partial charge is 0.127 e. The molecule has 0 aliphatic carbocycles. The molecule has 1 aromatic carbocycles. The lowest BCUT2D eigenvalue weighted by Gasteiger charge is -2.30. The van der Waals surface area contributed by atoms with Crippen LogP contribution in [0.4, 0.5) is 0 Å². The number of hydrogen-bond donors (Lipinski definition) is 1. The van der Waals surface area contributed by atoms with E-state index >= 15 is 0 Å². The maximum absolute atomic E-state index is 6.13. The van der Waals surface area contributed by atoms with Gasteiger partial charge in [-0.15, -0.1) is 0 Å². The summed E-state index contributed by atoms with van der Waals surface area (Å²) in [5.74, 6) is 1.44. The van der Waals surface area contributed by atoms with Crippen molar-refractivity contribution in [2.75, 3.05) is 6.61 Å². The van der Waals surface area contributed by atoms with Crippen molar-refractivity contribution in [2.24, 2.45) is 11.7 Å². The van der Waals surface area contributed by atoms with Crippen LogP contribution in [-0.2, 0) is 6.42 Å². The molecule has 2 unspecified atom stereocenters. The van der Waals surface area contributed by atoms with Gasteiger partial charge in [-0.1, -0.05) is 32.0 Å². The van der Waals surface area contributed by atoms with E-state index in [0.717, 1.165) is 18.8 Å². The standard InChI is InChI=1S/C12H17NO/c1-3-9-5-4-6-10-11(13)8(2)7-14-12(9)10/h4-6,8,11H,3,7,13H2,1-2H3. The van der Waals surface area contributed by atoms with Crippen molar-refractivity contribution in [1.82, 2.24) is 0 Å². The molecule has 2 rings (SSSR count). The molecule has 2 atom stereocenters. The second-order valence-electron chi connectivity index (χ2n) is 4.00. The average Bonchev–Trinajstić information content (AvgIpc) is 2.23. The molecular formula is C12H17NO. The van der Waals surface area contributed by atoms with Crippen molar-refractivity contribution in [3.8, 4) is 5.75 Å². The Morgan fingerprint density at radius 1 is 1.50 bits per heavy atom. The molecule has 76 valence electrons. The van der Waals surface area contributed by atoms with E-state index in [1.807, 2.05) is 0 Å². The quantitative estimate of drug-likeness (QED) is 0.739. The van der Waals surface area contributed by atoms with Crippen LogP contribution in [-0.4, -0.2) is 6.61 Å². The van der Waals surface area contributed by atoms with Gasteiger partial charge in [-0.25, -0.2) is 0 Å². The van der Waals surface area contributed by atoms with E-state index in [-0.39, 0.29) is 6.04 Å². The van der Waals surface area contributed by atoms with E-state index in [9.17, 15) is 0 Å². The number of ether oxygens (including phenoxy) is 1. The summed E-state index contributed by atoms with van der Waals surface area (Å²) in [4.78, 5) is 0. The lowest BCUT2D eigenvalue weighted by molar-refractivity contribution is 0.205. The number of rotatable bonds is 1. The van der Waals surface area contributed by atoms with Crippen LogP contribution in [0.1, 0.15) is 31.0 Å². The average molecular weight is 191 g/mol. The zero-order valence-electron chi connectivity index (χ0n) is 8.79. The van der Waals surface area contributed by atoms with Gasteiger partial charge in [-0.2, -0.15) is 0 Å². The number of benzene rings is 1. The van der Waals surface area contributed by atoms with Crippen molar-refractivity contribution in [2.45, 2.75) is 26.3 Å². The molecule has 0 saturated heterocycles. The van der Waals surface area contributed by atoms with Crippen molar-refractivity contribution in [3.05, 3.63) is 29.3 Å². The van der Waals surface area contributed by atoms with Crippen molar-refractivity contribution < 1.29 is 4.74 Å². The largest absolute Gasteiger partial charge is 0.493 e. The van der Waals surface area contributed by atoms with Crippen LogP contribution < -0.4 is 10.5 Å². The molecule has 2 N–H and O–H groups in total. The van der Waals surface area contributed by atoms with Gasteiger partial charge in [0.05, 0.1) is 6.61 Å². The van der Waals surface area contributed by atoms with Crippen LogP contribution in [0.5, 0.6) is 5.75 Å². The molecule has 1 aliphatic heterocycles. The van der Waals surface area contributed by atoms with Crippen LogP contribution in [0.15, 0.2) is 18.2 Å². The first-order valence-electron chi connectivity index (χ1n) is 5.24. The summed E-state index contributed by atoms with van der Waals surface area (Å²) in [5.41, 5.74) is 8.57. The topological polar surface area (TPSA) is 35.2 Å². The molecule has 0 bridgehead atoms. The maximum atomic E-state index is 6.13. The lowest BCUT2D eigenvalue weighted by atomic mass is 9.91. The zero-order chi connectivity index (χ0) is 10.1. The van der Waals surface area contributed by atoms with Gasteiger partial charge in [0, 0.05) is 17.5 Å². The van der Waals surface area contributed by atoms with Gasteiger partial charge in [0.1, 0.15) is 5.75 Å². The van der Waals surface area contributed by atoms with E-state index in [1.165, 1.54) is 11.1 Å². The molecule has 0 spiro atoms. The minimum atomic E-state index is 0.130. The summed E-state index contributed by atoms with van der Waals surface area (Å²) in [6, 6.07) is 6.39. The van der Waals surface area contributed by atoms with Gasteiger partial charge in [0.15, 0.2) is 0 Å². The highest BCUT2D eigenvalue weighted by molar-refractivity contribution is 5.44. The normalized spacial score (nSPS) is 25.4. The third-order valence-electron chi connectivity index (χ3n) is 2.97. The van der Waals surface area contributed by atoms with Crippen LogP contribution in [0.3, 0.4) is 0 Å². The molecule has 0 aromatic heterocycles. The third kappa shape index (κ3) is 1.40. The predicted octanol–water partition coefficient (Wildman–Crippen LogP) is 2.28. The highest BCUT2D eigenvalue weighted by Crippen LogP contribution is 2.36. The summed E-state index contributed by atoms with van der Waals surface area (Å²) >= 11 is 0. The highest BCUT2D eigenvalue weighted by Gasteiger charge is 2.25. The fraction of sp³-hybridized carbons (Fsp3) is 0.500. The SMILES string of the molecule is CCc1cccc2c1OCC(C)C2N. The first kappa shape index (κ1) is 9.53. The molecule has 0 radical (unpaired) electrons. The second-order valence-corrected chi connectivity index (χ2v) is 4.00. The van der Waals surface area contributed by atoms with E-state index < -0.39 is 0 Å². The number of fused-ring (bicyclic) bond motifs is 1. The van der Waals surface area contributed by atoms with Crippen LogP contribution in [0.2, 0.25) is 0 Å². The fourth-order valence-electron chi connectivity index (χ4n) is 1.95. The summed E-state index contributed by atoms with van der Waals surface area (Å²) < 4.78 is 5.75. The van der Waals surface area contributed by atoms with Gasteiger partial charge < -0.3 is 10.5 Å². The summed E-state index contributed by atoms with van der Waals surface area (Å²) in [6.45, 7) is 5.01. The number of hydrogen-bond acceptors (Lipinski definition) is 2. The van der Waals surface area contributed by atoms with E-state index in [4.69, 9.17) is 10.5 Å². The molecule has 14 heavy (non-hydrogen) atoms. The van der Waals surface area contributed by atoms with Crippen molar-refractivity contribution in [1.29, 1.82) is 0 Å². The van der Waals surface area contributed by atoms with Gasteiger partial charge in [0.25, 0.3) is 0 Å². The molecule has 0 amide bonds. The minimum absolute atomic E-state index is 0.130. The first-order valence-corrected chi connectivity index (χ1v) is 5.24. The molecule has 0 saturated carbocycles. The Balaban J connectivity index is 2.47. The van der Waals surface area contributed by atoms with Gasteiger partial charge >= 0.3 is 0 Å². The molecule has 2 heteroatoms. The molecule has 1 aromatic rings. The first-order chi connectivity index (χ1) is 6.74. The minimum Gasteiger partial charge on any atom is -0.493 e. The Hall–Kier alpha value is -1.02. The second kappa shape index (κ2) is 3.62. The summed E-state index contributed by atoms with van der Waals surface area (Å²) in [6.07, 6.45) is 1.00.